The Balaban J connectivity index is 1.84. The summed E-state index contributed by atoms with van der Waals surface area (Å²) in [5, 5.41) is 8.64. The fourth-order valence-electron chi connectivity index (χ4n) is 4.34. The van der Waals surface area contributed by atoms with Gasteiger partial charge in [0.15, 0.2) is 0 Å². The van der Waals surface area contributed by atoms with E-state index in [4.69, 9.17) is 0 Å². The minimum atomic E-state index is -0.807. The summed E-state index contributed by atoms with van der Waals surface area (Å²) in [7, 11) is 0. The lowest BCUT2D eigenvalue weighted by atomic mass is 10.1. The summed E-state index contributed by atoms with van der Waals surface area (Å²) in [6, 6.07) is 20.3. The van der Waals surface area contributed by atoms with Crippen molar-refractivity contribution in [1.29, 1.82) is 0 Å². The lowest BCUT2D eigenvalue weighted by molar-refractivity contribution is 0.491. The Kier molecular flexibility index (Phi) is 8.57. The van der Waals surface area contributed by atoms with Gasteiger partial charge in [-0.25, -0.2) is 28.1 Å². The molecule has 0 bridgehead atoms. The molecule has 4 aromatic rings. The maximum absolute atomic E-state index is 13.5. The molecule has 0 amide bonds. The van der Waals surface area contributed by atoms with Crippen molar-refractivity contribution in [2.45, 2.75) is 39.3 Å². The lowest BCUT2D eigenvalue weighted by Crippen LogP contribution is -2.54. The van der Waals surface area contributed by atoms with Crippen LogP contribution in [0.3, 0.4) is 0 Å². The zero-order chi connectivity index (χ0) is 27.8. The maximum Gasteiger partial charge on any atom is 0.336 e. The Morgan fingerprint density at radius 2 is 0.692 bits per heavy atom. The number of rotatable bonds is 12. The molecular weight excluding hydrogens is 504 g/mol. The molecule has 0 N–H and O–H groups in total. The van der Waals surface area contributed by atoms with Crippen LogP contribution >= 0.6 is 0 Å². The normalized spacial score (nSPS) is 10.8. The first-order valence-electron chi connectivity index (χ1n) is 12.0. The molecule has 0 unspecified atom stereocenters. The standard InChI is InChI=1S/C27H24N6O6/c34-25-31(16-22-7-1-4-19(10-22)13-28-37)26(35)33(18-24-9-3-6-21(12-24)15-30-39)27(36)32(25)17-23-8-2-5-20(11-23)14-29-38/h1-12H,13-18H2. The first-order chi connectivity index (χ1) is 18.9. The van der Waals surface area contributed by atoms with Crippen LogP contribution in [0.1, 0.15) is 33.4 Å². The van der Waals surface area contributed by atoms with Crippen molar-refractivity contribution < 1.29 is 0 Å². The quantitative estimate of drug-likeness (QED) is 0.257. The molecule has 0 saturated carbocycles. The van der Waals surface area contributed by atoms with Gasteiger partial charge >= 0.3 is 17.1 Å². The lowest BCUT2D eigenvalue weighted by Gasteiger charge is -2.15. The molecule has 0 saturated heterocycles. The van der Waals surface area contributed by atoms with Gasteiger partial charge in [-0.2, -0.15) is 14.7 Å². The van der Waals surface area contributed by atoms with E-state index in [-0.39, 0.29) is 39.3 Å². The van der Waals surface area contributed by atoms with Crippen molar-refractivity contribution in [3.05, 3.63) is 152 Å². The van der Waals surface area contributed by atoms with Gasteiger partial charge in [0.1, 0.15) is 19.6 Å². The second kappa shape index (κ2) is 12.4. The van der Waals surface area contributed by atoms with Crippen molar-refractivity contribution in [3.63, 3.8) is 0 Å². The Bertz CT molecular complexity index is 1480. The van der Waals surface area contributed by atoms with Crippen molar-refractivity contribution in [1.82, 2.24) is 13.7 Å². The van der Waals surface area contributed by atoms with Gasteiger partial charge < -0.3 is 0 Å². The Morgan fingerprint density at radius 3 is 0.949 bits per heavy atom. The van der Waals surface area contributed by atoms with Crippen LogP contribution in [0, 0.1) is 14.7 Å². The number of hydrogen-bond acceptors (Lipinski definition) is 9. The van der Waals surface area contributed by atoms with Crippen LogP contribution < -0.4 is 17.1 Å². The van der Waals surface area contributed by atoms with E-state index in [0.717, 1.165) is 13.7 Å². The summed E-state index contributed by atoms with van der Waals surface area (Å²) >= 11 is 0. The molecule has 0 aliphatic carbocycles. The Hall–Kier alpha value is -5.13. The molecule has 39 heavy (non-hydrogen) atoms. The zero-order valence-corrected chi connectivity index (χ0v) is 20.8. The molecule has 0 aliphatic rings. The highest BCUT2D eigenvalue weighted by Gasteiger charge is 2.17. The fourth-order valence-corrected chi connectivity index (χ4v) is 4.34. The van der Waals surface area contributed by atoms with E-state index in [1.165, 1.54) is 0 Å². The topological polar surface area (TPSA) is 154 Å². The second-order valence-electron chi connectivity index (χ2n) is 8.93. The van der Waals surface area contributed by atoms with Crippen molar-refractivity contribution >= 4 is 0 Å². The summed E-state index contributed by atoms with van der Waals surface area (Å²) in [4.78, 5) is 72.7. The van der Waals surface area contributed by atoms with Gasteiger partial charge in [-0.3, -0.25) is 0 Å². The van der Waals surface area contributed by atoms with Crippen molar-refractivity contribution in [2.24, 2.45) is 15.5 Å². The molecule has 12 nitrogen and oxygen atoms in total. The highest BCUT2D eigenvalue weighted by atomic mass is 16.3. The largest absolute Gasteiger partial charge is 0.336 e. The SMILES string of the molecule is O=NCc1cccc(Cn2c(=O)n(Cc3cccc(CN=O)c3)c(=O)n(Cc3cccc(CN=O)c3)c2=O)c1. The van der Waals surface area contributed by atoms with Gasteiger partial charge in [-0.15, -0.1) is 0 Å². The number of nitrogens with zero attached hydrogens (tertiary/aromatic N) is 6. The summed E-state index contributed by atoms with van der Waals surface area (Å²) < 4.78 is 2.88. The van der Waals surface area contributed by atoms with E-state index in [1.807, 2.05) is 0 Å². The number of hydrogen-bond donors (Lipinski definition) is 0. The summed E-state index contributed by atoms with van der Waals surface area (Å²) in [6.07, 6.45) is 0. The summed E-state index contributed by atoms with van der Waals surface area (Å²) in [5.74, 6) is 0. The number of aromatic nitrogens is 3. The van der Waals surface area contributed by atoms with Crippen molar-refractivity contribution in [3.8, 4) is 0 Å². The van der Waals surface area contributed by atoms with E-state index >= 15 is 0 Å². The van der Waals surface area contributed by atoms with Gasteiger partial charge in [0, 0.05) is 0 Å². The maximum atomic E-state index is 13.5. The van der Waals surface area contributed by atoms with Gasteiger partial charge in [0.25, 0.3) is 0 Å². The number of benzene rings is 3. The van der Waals surface area contributed by atoms with Gasteiger partial charge in [0.2, 0.25) is 0 Å². The third-order valence-electron chi connectivity index (χ3n) is 6.12. The fraction of sp³-hybridized carbons (Fsp3) is 0.222. The third kappa shape index (κ3) is 6.42. The van der Waals surface area contributed by atoms with Crippen LogP contribution in [0.4, 0.5) is 0 Å². The molecule has 0 aliphatic heterocycles. The van der Waals surface area contributed by atoms with Crippen LogP contribution in [0.2, 0.25) is 0 Å². The van der Waals surface area contributed by atoms with Crippen LogP contribution in [0.5, 0.6) is 0 Å². The Morgan fingerprint density at radius 1 is 0.436 bits per heavy atom. The molecular formula is C27H24N6O6. The molecule has 1 aromatic heterocycles. The zero-order valence-electron chi connectivity index (χ0n) is 20.8. The second-order valence-corrected chi connectivity index (χ2v) is 8.93. The van der Waals surface area contributed by atoms with Crippen LogP contribution in [-0.2, 0) is 39.3 Å². The van der Waals surface area contributed by atoms with E-state index < -0.39 is 17.1 Å². The molecule has 198 valence electrons. The molecule has 3 aromatic carbocycles. The third-order valence-corrected chi connectivity index (χ3v) is 6.12. The minimum absolute atomic E-state index is 0.0650. The molecule has 0 spiro atoms. The summed E-state index contributed by atoms with van der Waals surface area (Å²) in [6.45, 7) is -0.627. The minimum Gasteiger partial charge on any atom is -0.247 e. The van der Waals surface area contributed by atoms with E-state index in [0.29, 0.717) is 33.4 Å². The number of nitroso groups, excluding NO2 is 3. The average Bonchev–Trinajstić information content (AvgIpc) is 2.93. The van der Waals surface area contributed by atoms with Crippen LogP contribution in [0.25, 0.3) is 0 Å². The van der Waals surface area contributed by atoms with Gasteiger partial charge in [-0.1, -0.05) is 88.3 Å². The van der Waals surface area contributed by atoms with Gasteiger partial charge in [-0.05, 0) is 33.4 Å². The highest BCUT2D eigenvalue weighted by Crippen LogP contribution is 2.10. The first kappa shape index (κ1) is 26.9. The van der Waals surface area contributed by atoms with E-state index in [1.54, 1.807) is 72.8 Å². The van der Waals surface area contributed by atoms with Crippen LogP contribution in [0.15, 0.2) is 103 Å². The molecule has 0 fully saturated rings. The predicted molar refractivity (Wildman–Crippen MR) is 144 cm³/mol. The molecule has 0 radical (unpaired) electrons. The summed E-state index contributed by atoms with van der Waals surface area (Å²) in [5.41, 5.74) is 1.15. The monoisotopic (exact) mass is 528 g/mol. The van der Waals surface area contributed by atoms with Gasteiger partial charge in [0.05, 0.1) is 19.6 Å². The Labute approximate surface area is 221 Å². The van der Waals surface area contributed by atoms with E-state index in [9.17, 15) is 29.1 Å². The molecule has 12 heteroatoms. The first-order valence-corrected chi connectivity index (χ1v) is 12.0. The molecule has 0 atom stereocenters. The highest BCUT2D eigenvalue weighted by molar-refractivity contribution is 5.26. The average molecular weight is 529 g/mol. The molecule has 1 heterocycles. The molecule has 4 rings (SSSR count). The predicted octanol–water partition coefficient (Wildman–Crippen LogP) is 3.12. The smallest absolute Gasteiger partial charge is 0.247 e. The van der Waals surface area contributed by atoms with Crippen molar-refractivity contribution in [2.75, 3.05) is 0 Å². The van der Waals surface area contributed by atoms with E-state index in [2.05, 4.69) is 15.5 Å². The van der Waals surface area contributed by atoms with Crippen LogP contribution in [-0.4, -0.2) is 13.7 Å².